The molecule has 2 unspecified atom stereocenters. The Hall–Kier alpha value is -2.52. The zero-order chi connectivity index (χ0) is 41.4. The molecule has 3 atom stereocenters. The largest absolute Gasteiger partial charge is 0.498 e. The van der Waals surface area contributed by atoms with Gasteiger partial charge in [-0.2, -0.15) is 0 Å². The van der Waals surface area contributed by atoms with Crippen molar-refractivity contribution in [2.24, 2.45) is 0 Å². The molecule has 0 rings (SSSR count). The van der Waals surface area contributed by atoms with Gasteiger partial charge in [0.25, 0.3) is 0 Å². The van der Waals surface area contributed by atoms with Crippen LogP contribution in [0.4, 0.5) is 0 Å². The van der Waals surface area contributed by atoms with Crippen LogP contribution in [0.5, 0.6) is 0 Å². The van der Waals surface area contributed by atoms with Crippen LogP contribution in [0.15, 0.2) is 85.3 Å². The summed E-state index contributed by atoms with van der Waals surface area (Å²) in [6, 6.07) is 0. The van der Waals surface area contributed by atoms with E-state index in [1.807, 2.05) is 70.6 Å². The first-order valence-electron chi connectivity index (χ1n) is 21.5. The van der Waals surface area contributed by atoms with E-state index in [-0.39, 0.29) is 26.2 Å². The molecular formula is C46H81NO8P+. The molecule has 9 nitrogen and oxygen atoms in total. The van der Waals surface area contributed by atoms with Gasteiger partial charge in [0.2, 0.25) is 0 Å². The Bertz CT molecular complexity index is 1180. The summed E-state index contributed by atoms with van der Waals surface area (Å²) in [6.45, 7) is 4.57. The molecule has 56 heavy (non-hydrogen) atoms. The third-order valence-electron chi connectivity index (χ3n) is 8.58. The lowest BCUT2D eigenvalue weighted by molar-refractivity contribution is -0.870. The molecule has 0 fully saturated rings. The van der Waals surface area contributed by atoms with Crippen molar-refractivity contribution in [2.45, 2.75) is 154 Å². The molecular weight excluding hydrogens is 725 g/mol. The third-order valence-corrected chi connectivity index (χ3v) is 9.56. The fourth-order valence-corrected chi connectivity index (χ4v) is 5.96. The summed E-state index contributed by atoms with van der Waals surface area (Å²) < 4.78 is 34.6. The lowest BCUT2D eigenvalue weighted by Crippen LogP contribution is -2.37. The maximum atomic E-state index is 12.6. The van der Waals surface area contributed by atoms with Gasteiger partial charge in [-0.15, -0.1) is 0 Å². The third kappa shape index (κ3) is 41.1. The number of likely N-dealkylation sites (N-methyl/N-ethyl adjacent to an activating group) is 1. The number of esters is 1. The van der Waals surface area contributed by atoms with Crippen molar-refractivity contribution in [3.8, 4) is 0 Å². The van der Waals surface area contributed by atoms with Crippen LogP contribution < -0.4 is 0 Å². The van der Waals surface area contributed by atoms with Crippen LogP contribution in [0.1, 0.15) is 142 Å². The van der Waals surface area contributed by atoms with Crippen LogP contribution in [0.25, 0.3) is 0 Å². The lowest BCUT2D eigenvalue weighted by Gasteiger charge is -2.24. The number of phosphoric acid groups is 1. The molecule has 0 aromatic rings. The number of allylic oxidation sites excluding steroid dienone is 11. The predicted octanol–water partition coefficient (Wildman–Crippen LogP) is 11.8. The normalized spacial score (nSPS) is 15.1. The second kappa shape index (κ2) is 38.0. The highest BCUT2D eigenvalue weighted by Crippen LogP contribution is 2.43. The Balaban J connectivity index is 4.47. The topological polar surface area (TPSA) is 112 Å². The number of phosphoric ester groups is 1. The number of quaternary nitrogens is 1. The average Bonchev–Trinajstić information content (AvgIpc) is 3.15. The van der Waals surface area contributed by atoms with Crippen molar-refractivity contribution < 1.29 is 42.4 Å². The van der Waals surface area contributed by atoms with E-state index in [1.54, 1.807) is 6.26 Å². The van der Waals surface area contributed by atoms with Crippen LogP contribution in [-0.2, 0) is 27.9 Å². The Kier molecular flexibility index (Phi) is 36.3. The summed E-state index contributed by atoms with van der Waals surface area (Å²) in [7, 11) is 1.55. The number of nitrogens with zero attached hydrogens (tertiary/aromatic N) is 1. The molecule has 0 aromatic carbocycles. The molecule has 0 aromatic heterocycles. The Morgan fingerprint density at radius 3 is 1.91 bits per heavy atom. The summed E-state index contributed by atoms with van der Waals surface area (Å²) in [4.78, 5) is 22.8. The Morgan fingerprint density at radius 2 is 1.25 bits per heavy atom. The van der Waals surface area contributed by atoms with Crippen molar-refractivity contribution in [3.63, 3.8) is 0 Å². The zero-order valence-corrected chi connectivity index (χ0v) is 36.8. The molecule has 0 radical (unpaired) electrons. The van der Waals surface area contributed by atoms with Gasteiger partial charge in [-0.3, -0.25) is 13.8 Å². The first-order valence-corrected chi connectivity index (χ1v) is 23.0. The van der Waals surface area contributed by atoms with E-state index < -0.39 is 26.0 Å². The fourth-order valence-electron chi connectivity index (χ4n) is 5.21. The smallest absolute Gasteiger partial charge is 0.472 e. The van der Waals surface area contributed by atoms with Gasteiger partial charge in [0, 0.05) is 6.42 Å². The van der Waals surface area contributed by atoms with Gasteiger partial charge in [-0.1, -0.05) is 132 Å². The molecule has 0 aliphatic carbocycles. The number of hydrogen-bond acceptors (Lipinski definition) is 7. The van der Waals surface area contributed by atoms with Crippen LogP contribution >= 0.6 is 7.82 Å². The van der Waals surface area contributed by atoms with E-state index in [4.69, 9.17) is 18.5 Å². The van der Waals surface area contributed by atoms with E-state index in [0.29, 0.717) is 23.9 Å². The van der Waals surface area contributed by atoms with Crippen LogP contribution in [0.2, 0.25) is 0 Å². The number of carbonyl (C=O) groups is 1. The number of unbranched alkanes of at least 4 members (excludes halogenated alkanes) is 12. The second-order valence-corrected chi connectivity index (χ2v) is 16.7. The monoisotopic (exact) mass is 807 g/mol. The molecule has 0 bridgehead atoms. The van der Waals surface area contributed by atoms with Gasteiger partial charge >= 0.3 is 13.8 Å². The van der Waals surface area contributed by atoms with E-state index in [1.165, 1.54) is 70.6 Å². The standard InChI is InChI=1S/C46H80NO8P/c1-6-8-10-11-12-13-14-15-16-17-20-23-26-29-32-35-40-52-42-45(43-54-56(50,51)53-41-39-47(3,4)5)55-46(49)38-34-31-28-25-22-19-18-21-24-27-30-33-37-44(48)36-9-7-2/h9,13-14,18-19,24-25,27-28,30,33,35-36,40,44-45,48H,6-8,10-12,15-17,20-23,26,29,31-32,34,37-39,41-43H2,1-5H3/p+1/b14-13-,19-18-,27-24-,28-25-,33-30+,36-9-,40-35+/t44?,45-/m1/s1. The number of ether oxygens (including phenoxy) is 2. The highest BCUT2D eigenvalue weighted by atomic mass is 31.2. The quantitative estimate of drug-likeness (QED) is 0.0121. The van der Waals surface area contributed by atoms with Crippen molar-refractivity contribution in [2.75, 3.05) is 47.5 Å². The number of hydrogen-bond donors (Lipinski definition) is 2. The number of rotatable bonds is 38. The maximum absolute atomic E-state index is 12.6. The minimum absolute atomic E-state index is 0.00574. The van der Waals surface area contributed by atoms with E-state index in [9.17, 15) is 19.4 Å². The molecule has 322 valence electrons. The lowest BCUT2D eigenvalue weighted by atomic mass is 10.1. The molecule has 10 heteroatoms. The predicted molar refractivity (Wildman–Crippen MR) is 234 cm³/mol. The van der Waals surface area contributed by atoms with Crippen molar-refractivity contribution >= 4 is 13.8 Å². The fraction of sp³-hybridized carbons (Fsp3) is 0.674. The number of carbonyl (C=O) groups excluding carboxylic acids is 1. The van der Waals surface area contributed by atoms with Gasteiger partial charge in [0.15, 0.2) is 6.10 Å². The second-order valence-electron chi connectivity index (χ2n) is 15.3. The van der Waals surface area contributed by atoms with Gasteiger partial charge in [-0.25, -0.2) is 4.57 Å². The van der Waals surface area contributed by atoms with Gasteiger partial charge in [0.05, 0.1) is 40.1 Å². The summed E-state index contributed by atoms with van der Waals surface area (Å²) in [6.07, 6.45) is 47.7. The number of aliphatic hydroxyl groups excluding tert-OH is 1. The van der Waals surface area contributed by atoms with Crippen molar-refractivity contribution in [1.82, 2.24) is 0 Å². The molecule has 0 spiro atoms. The number of aliphatic hydroxyl groups is 1. The Morgan fingerprint density at radius 1 is 0.679 bits per heavy atom. The summed E-state index contributed by atoms with van der Waals surface area (Å²) in [5, 5.41) is 9.77. The van der Waals surface area contributed by atoms with Gasteiger partial charge < -0.3 is 24.0 Å². The van der Waals surface area contributed by atoms with Crippen LogP contribution in [0, 0.1) is 0 Å². The molecule has 0 aliphatic heterocycles. The molecule has 0 aliphatic rings. The van der Waals surface area contributed by atoms with Gasteiger partial charge in [-0.05, 0) is 83.1 Å². The molecule has 0 heterocycles. The van der Waals surface area contributed by atoms with Crippen LogP contribution in [0.3, 0.4) is 0 Å². The van der Waals surface area contributed by atoms with Gasteiger partial charge in [0.1, 0.15) is 19.8 Å². The first kappa shape index (κ1) is 53.5. The van der Waals surface area contributed by atoms with Crippen molar-refractivity contribution in [3.05, 3.63) is 85.3 Å². The summed E-state index contributed by atoms with van der Waals surface area (Å²) in [5.41, 5.74) is 0. The first-order chi connectivity index (χ1) is 27.0. The maximum Gasteiger partial charge on any atom is 0.472 e. The molecule has 2 N–H and O–H groups in total. The van der Waals surface area contributed by atoms with E-state index in [0.717, 1.165) is 38.5 Å². The highest BCUT2D eigenvalue weighted by Gasteiger charge is 2.26. The molecule has 0 amide bonds. The van der Waals surface area contributed by atoms with Crippen LogP contribution in [-0.4, -0.2) is 80.2 Å². The zero-order valence-electron chi connectivity index (χ0n) is 35.9. The molecule has 0 saturated heterocycles. The Labute approximate surface area is 342 Å². The van der Waals surface area contributed by atoms with E-state index >= 15 is 0 Å². The SMILES string of the molecule is CC/C=C\C(O)C/C=C/C=C\C/C=C\C/C=C\CCCC(=O)O[C@H](CO/C=C/CCCCCCCC/C=C\CCCCCC)COP(=O)(O)OCC[N+](C)(C)C. The van der Waals surface area contributed by atoms with Crippen molar-refractivity contribution in [1.29, 1.82) is 0 Å². The summed E-state index contributed by atoms with van der Waals surface area (Å²) in [5.74, 6) is -0.413. The molecule has 0 saturated carbocycles. The average molecular weight is 807 g/mol. The van der Waals surface area contributed by atoms with E-state index in [2.05, 4.69) is 43.4 Å². The summed E-state index contributed by atoms with van der Waals surface area (Å²) >= 11 is 0. The highest BCUT2D eigenvalue weighted by molar-refractivity contribution is 7.47. The minimum atomic E-state index is -4.32. The minimum Gasteiger partial charge on any atom is -0.498 e.